The molecule has 0 saturated heterocycles. The Morgan fingerprint density at radius 1 is 1.30 bits per heavy atom. The molecule has 2 N–H and O–H groups in total. The third-order valence-electron chi connectivity index (χ3n) is 3.36. The maximum Gasteiger partial charge on any atom is 0.192 e. The highest BCUT2D eigenvalue weighted by Crippen LogP contribution is 2.22. The van der Waals surface area contributed by atoms with Gasteiger partial charge in [0.05, 0.1) is 18.6 Å². The summed E-state index contributed by atoms with van der Waals surface area (Å²) in [6.45, 7) is 3.82. The molecule has 0 amide bonds. The van der Waals surface area contributed by atoms with Gasteiger partial charge < -0.3 is 15.5 Å². The fourth-order valence-electron chi connectivity index (χ4n) is 2.23. The van der Waals surface area contributed by atoms with Crippen LogP contribution in [0.1, 0.15) is 12.5 Å². The maximum absolute atomic E-state index is 5.30. The van der Waals surface area contributed by atoms with Gasteiger partial charge >= 0.3 is 0 Å². The molecule has 1 aromatic heterocycles. The molecule has 0 atom stereocenters. The van der Waals surface area contributed by atoms with Crippen LogP contribution in [-0.2, 0) is 6.54 Å². The van der Waals surface area contributed by atoms with Gasteiger partial charge in [-0.25, -0.2) is 9.98 Å². The molecular weight excluding hydrogens is 286 g/mol. The second-order valence-corrected chi connectivity index (χ2v) is 5.30. The lowest BCUT2D eigenvalue weighted by molar-refractivity contribution is 0.866. The van der Waals surface area contributed by atoms with Gasteiger partial charge in [-0.1, -0.05) is 24.1 Å². The molecule has 0 saturated carbocycles. The monoisotopic (exact) mass is 309 g/mol. The number of aromatic nitrogens is 1. The number of terminal acetylenes is 1. The van der Waals surface area contributed by atoms with Gasteiger partial charge in [-0.2, -0.15) is 0 Å². The number of para-hydroxylation sites is 1. The quantitative estimate of drug-likeness (QED) is 0.504. The molecule has 120 valence electrons. The average Bonchev–Trinajstić information content (AvgIpc) is 2.56. The highest BCUT2D eigenvalue weighted by Gasteiger charge is 2.07. The van der Waals surface area contributed by atoms with Gasteiger partial charge in [-0.15, -0.1) is 6.42 Å². The third kappa shape index (κ3) is 4.36. The number of aliphatic imine (C=N–C) groups is 1. The number of nitrogens with one attached hydrogen (secondary N) is 2. The fourth-order valence-corrected chi connectivity index (χ4v) is 2.23. The normalized spacial score (nSPS) is 11.1. The molecule has 0 aliphatic rings. The molecule has 1 aromatic carbocycles. The zero-order valence-corrected chi connectivity index (χ0v) is 13.9. The number of fused-ring (bicyclic) bond motifs is 1. The van der Waals surface area contributed by atoms with E-state index in [0.29, 0.717) is 13.1 Å². The van der Waals surface area contributed by atoms with Crippen LogP contribution in [-0.4, -0.2) is 38.1 Å². The van der Waals surface area contributed by atoms with Crippen LogP contribution in [0.15, 0.2) is 35.3 Å². The van der Waals surface area contributed by atoms with E-state index < -0.39 is 0 Å². The van der Waals surface area contributed by atoms with Gasteiger partial charge in [-0.05, 0) is 24.6 Å². The number of nitrogens with zero attached hydrogens (tertiary/aromatic N) is 3. The van der Waals surface area contributed by atoms with Crippen LogP contribution < -0.4 is 15.5 Å². The van der Waals surface area contributed by atoms with Crippen LogP contribution in [0.5, 0.6) is 0 Å². The van der Waals surface area contributed by atoms with Gasteiger partial charge in [0.1, 0.15) is 5.82 Å². The largest absolute Gasteiger partial charge is 0.363 e. The molecule has 1 heterocycles. The first-order valence-corrected chi connectivity index (χ1v) is 7.67. The van der Waals surface area contributed by atoms with Crippen LogP contribution in [0.4, 0.5) is 5.82 Å². The van der Waals surface area contributed by atoms with Crippen molar-refractivity contribution < 1.29 is 0 Å². The van der Waals surface area contributed by atoms with Gasteiger partial charge in [0.2, 0.25) is 0 Å². The molecule has 0 fully saturated rings. The molecule has 0 aliphatic carbocycles. The van der Waals surface area contributed by atoms with E-state index in [0.717, 1.165) is 34.8 Å². The minimum atomic E-state index is 0.450. The Kier molecular flexibility index (Phi) is 5.81. The summed E-state index contributed by atoms with van der Waals surface area (Å²) < 4.78 is 0. The Hall–Kier alpha value is -2.74. The van der Waals surface area contributed by atoms with Crippen molar-refractivity contribution in [3.63, 3.8) is 0 Å². The molecule has 2 rings (SSSR count). The lowest BCUT2D eigenvalue weighted by Gasteiger charge is -2.15. The van der Waals surface area contributed by atoms with Crippen molar-refractivity contribution in [2.24, 2.45) is 4.99 Å². The topological polar surface area (TPSA) is 52.6 Å². The van der Waals surface area contributed by atoms with E-state index in [1.165, 1.54) is 0 Å². The van der Waals surface area contributed by atoms with Crippen molar-refractivity contribution in [2.45, 2.75) is 13.5 Å². The number of guanidine groups is 1. The maximum atomic E-state index is 5.30. The molecule has 0 radical (unpaired) electrons. The zero-order valence-electron chi connectivity index (χ0n) is 13.9. The summed E-state index contributed by atoms with van der Waals surface area (Å²) in [6.07, 6.45) is 5.30. The van der Waals surface area contributed by atoms with Crippen LogP contribution in [0, 0.1) is 12.3 Å². The van der Waals surface area contributed by atoms with Crippen LogP contribution >= 0.6 is 0 Å². The van der Waals surface area contributed by atoms with E-state index in [1.807, 2.05) is 44.1 Å². The first kappa shape index (κ1) is 16.6. The summed E-state index contributed by atoms with van der Waals surface area (Å²) in [4.78, 5) is 11.3. The minimum absolute atomic E-state index is 0.450. The molecule has 5 heteroatoms. The second kappa shape index (κ2) is 8.04. The van der Waals surface area contributed by atoms with E-state index in [-0.39, 0.29) is 0 Å². The molecule has 23 heavy (non-hydrogen) atoms. The third-order valence-corrected chi connectivity index (χ3v) is 3.36. The molecule has 0 aliphatic heterocycles. The van der Waals surface area contributed by atoms with Crippen LogP contribution in [0.25, 0.3) is 10.9 Å². The van der Waals surface area contributed by atoms with E-state index in [1.54, 1.807) is 0 Å². The molecule has 5 nitrogen and oxygen atoms in total. The summed E-state index contributed by atoms with van der Waals surface area (Å²) in [6, 6.07) is 10.2. The lowest BCUT2D eigenvalue weighted by atomic mass is 10.1. The number of pyridine rings is 1. The van der Waals surface area contributed by atoms with E-state index >= 15 is 0 Å². The molecule has 0 bridgehead atoms. The Balaban J connectivity index is 2.35. The Bertz CT molecular complexity index is 728. The smallest absolute Gasteiger partial charge is 0.192 e. The SMILES string of the molecule is C#CCNC(=NCc1cc(N(C)C)nc2ccccc12)NCC. The Labute approximate surface area is 137 Å². The first-order chi connectivity index (χ1) is 11.2. The van der Waals surface area contributed by atoms with Crippen molar-refractivity contribution in [3.8, 4) is 12.3 Å². The predicted molar refractivity (Wildman–Crippen MR) is 97.7 cm³/mol. The predicted octanol–water partition coefficient (Wildman–Crippen LogP) is 1.99. The molecule has 0 spiro atoms. The fraction of sp³-hybridized carbons (Fsp3) is 0.333. The highest BCUT2D eigenvalue weighted by molar-refractivity contribution is 5.85. The summed E-state index contributed by atoms with van der Waals surface area (Å²) in [5.41, 5.74) is 2.11. The van der Waals surface area contributed by atoms with E-state index in [4.69, 9.17) is 6.42 Å². The number of anilines is 1. The van der Waals surface area contributed by atoms with E-state index in [2.05, 4.69) is 38.7 Å². The number of benzene rings is 1. The van der Waals surface area contributed by atoms with Gasteiger partial charge in [0, 0.05) is 26.0 Å². The standard InChI is InChI=1S/C18H23N5/c1-5-11-20-18(19-6-2)21-13-14-12-17(23(3)4)22-16-10-8-7-9-15(14)16/h1,7-10,12H,6,11,13H2,2-4H3,(H2,19,20,21). The molecule has 2 aromatic rings. The van der Waals surface area contributed by atoms with Crippen molar-refractivity contribution in [3.05, 3.63) is 35.9 Å². The molecule has 0 unspecified atom stereocenters. The number of hydrogen-bond acceptors (Lipinski definition) is 3. The summed E-state index contributed by atoms with van der Waals surface area (Å²) in [5, 5.41) is 7.41. The number of rotatable bonds is 5. The second-order valence-electron chi connectivity index (χ2n) is 5.30. The average molecular weight is 309 g/mol. The van der Waals surface area contributed by atoms with Crippen molar-refractivity contribution >= 4 is 22.7 Å². The highest BCUT2D eigenvalue weighted by atomic mass is 15.2. The van der Waals surface area contributed by atoms with Gasteiger partial charge in [0.25, 0.3) is 0 Å². The van der Waals surface area contributed by atoms with Gasteiger partial charge in [0.15, 0.2) is 5.96 Å². The lowest BCUT2D eigenvalue weighted by Crippen LogP contribution is -2.37. The number of hydrogen-bond donors (Lipinski definition) is 2. The van der Waals surface area contributed by atoms with Crippen molar-refractivity contribution in [1.29, 1.82) is 0 Å². The van der Waals surface area contributed by atoms with Crippen LogP contribution in [0.2, 0.25) is 0 Å². The first-order valence-electron chi connectivity index (χ1n) is 7.67. The van der Waals surface area contributed by atoms with Crippen molar-refractivity contribution in [2.75, 3.05) is 32.1 Å². The Morgan fingerprint density at radius 2 is 2.09 bits per heavy atom. The van der Waals surface area contributed by atoms with Gasteiger partial charge in [-0.3, -0.25) is 0 Å². The summed E-state index contributed by atoms with van der Waals surface area (Å²) in [7, 11) is 3.98. The molecular formula is C18H23N5. The van der Waals surface area contributed by atoms with Crippen molar-refractivity contribution in [1.82, 2.24) is 15.6 Å². The Morgan fingerprint density at radius 3 is 2.78 bits per heavy atom. The summed E-state index contributed by atoms with van der Waals surface area (Å²) >= 11 is 0. The van der Waals surface area contributed by atoms with E-state index in [9.17, 15) is 0 Å². The van der Waals surface area contributed by atoms with Crippen LogP contribution in [0.3, 0.4) is 0 Å². The zero-order chi connectivity index (χ0) is 16.7. The summed E-state index contributed by atoms with van der Waals surface area (Å²) in [5.74, 6) is 4.21. The minimum Gasteiger partial charge on any atom is -0.363 e.